The van der Waals surface area contributed by atoms with E-state index in [4.69, 9.17) is 0 Å². The van der Waals surface area contributed by atoms with Crippen LogP contribution in [0.3, 0.4) is 0 Å². The third-order valence-corrected chi connectivity index (χ3v) is 2.98. The minimum absolute atomic E-state index is 0.272. The highest BCUT2D eigenvalue weighted by Gasteiger charge is 2.16. The first-order valence-electron chi connectivity index (χ1n) is 5.80. The van der Waals surface area contributed by atoms with Crippen molar-refractivity contribution in [3.05, 3.63) is 41.6 Å². The maximum Gasteiger partial charge on any atom is 0.255 e. The lowest BCUT2D eigenvalue weighted by Gasteiger charge is -2.21. The van der Waals surface area contributed by atoms with E-state index in [1.807, 2.05) is 6.08 Å². The fraction of sp³-hybridized carbons (Fsp3) is 0.385. The standard InChI is InChI=1S/C13H15FN2O/c1-9-4-2-3-5-11(9)16-13(17)10-6-7-15-12(14)8-10/h5-9H,2-4H2,1H3,(H,16,17). The summed E-state index contributed by atoms with van der Waals surface area (Å²) in [6, 6.07) is 2.65. The van der Waals surface area contributed by atoms with Gasteiger partial charge in [-0.3, -0.25) is 4.79 Å². The predicted molar refractivity (Wildman–Crippen MR) is 62.8 cm³/mol. The maximum atomic E-state index is 12.9. The Labute approximate surface area is 99.8 Å². The van der Waals surface area contributed by atoms with Gasteiger partial charge in [0.1, 0.15) is 0 Å². The van der Waals surface area contributed by atoms with E-state index in [0.717, 1.165) is 31.0 Å². The van der Waals surface area contributed by atoms with Crippen LogP contribution in [-0.4, -0.2) is 10.9 Å². The van der Waals surface area contributed by atoms with Crippen molar-refractivity contribution >= 4 is 5.91 Å². The average Bonchev–Trinajstić information content (AvgIpc) is 2.32. The van der Waals surface area contributed by atoms with Gasteiger partial charge in [0.2, 0.25) is 5.95 Å². The second-order valence-corrected chi connectivity index (χ2v) is 4.31. The number of allylic oxidation sites excluding steroid dienone is 2. The molecular weight excluding hydrogens is 219 g/mol. The summed E-state index contributed by atoms with van der Waals surface area (Å²) in [6.45, 7) is 2.08. The summed E-state index contributed by atoms with van der Waals surface area (Å²) in [4.78, 5) is 15.3. The van der Waals surface area contributed by atoms with Crippen molar-refractivity contribution in [2.75, 3.05) is 0 Å². The van der Waals surface area contributed by atoms with Gasteiger partial charge in [-0.25, -0.2) is 4.98 Å². The number of pyridine rings is 1. The van der Waals surface area contributed by atoms with Crippen LogP contribution in [0.25, 0.3) is 0 Å². The van der Waals surface area contributed by atoms with Crippen molar-refractivity contribution in [2.45, 2.75) is 26.2 Å². The van der Waals surface area contributed by atoms with Gasteiger partial charge in [0.05, 0.1) is 0 Å². The molecule has 1 atom stereocenters. The number of rotatable bonds is 2. The highest BCUT2D eigenvalue weighted by Crippen LogP contribution is 2.22. The number of hydrogen-bond donors (Lipinski definition) is 1. The third-order valence-electron chi connectivity index (χ3n) is 2.98. The second-order valence-electron chi connectivity index (χ2n) is 4.31. The number of amides is 1. The lowest BCUT2D eigenvalue weighted by molar-refractivity contribution is 0.0960. The van der Waals surface area contributed by atoms with Gasteiger partial charge in [-0.05, 0) is 31.2 Å². The molecule has 3 nitrogen and oxygen atoms in total. The molecule has 0 fully saturated rings. The maximum absolute atomic E-state index is 12.9. The molecule has 0 spiro atoms. The van der Waals surface area contributed by atoms with Crippen LogP contribution < -0.4 is 5.32 Å². The van der Waals surface area contributed by atoms with Crippen LogP contribution in [0.1, 0.15) is 36.5 Å². The molecule has 1 N–H and O–H groups in total. The third kappa shape index (κ3) is 2.90. The molecule has 0 radical (unpaired) electrons. The van der Waals surface area contributed by atoms with Crippen molar-refractivity contribution in [3.8, 4) is 0 Å². The first-order valence-corrected chi connectivity index (χ1v) is 5.80. The highest BCUT2D eigenvalue weighted by molar-refractivity contribution is 5.95. The summed E-state index contributed by atoms with van der Waals surface area (Å²) in [6.07, 6.45) is 6.57. The Morgan fingerprint density at radius 2 is 2.41 bits per heavy atom. The van der Waals surface area contributed by atoms with Crippen molar-refractivity contribution in [1.82, 2.24) is 10.3 Å². The van der Waals surface area contributed by atoms with Crippen LogP contribution in [0, 0.1) is 11.9 Å². The first kappa shape index (κ1) is 11.8. The Balaban J connectivity index is 2.09. The van der Waals surface area contributed by atoms with Gasteiger partial charge in [-0.15, -0.1) is 0 Å². The topological polar surface area (TPSA) is 42.0 Å². The monoisotopic (exact) mass is 234 g/mol. The zero-order valence-electron chi connectivity index (χ0n) is 9.74. The van der Waals surface area contributed by atoms with Gasteiger partial charge in [-0.2, -0.15) is 4.39 Å². The van der Waals surface area contributed by atoms with E-state index in [-0.39, 0.29) is 5.91 Å². The Bertz CT molecular complexity index is 456. The molecule has 1 amide bonds. The highest BCUT2D eigenvalue weighted by atomic mass is 19.1. The van der Waals surface area contributed by atoms with Crippen LogP contribution in [-0.2, 0) is 0 Å². The van der Waals surface area contributed by atoms with E-state index >= 15 is 0 Å². The van der Waals surface area contributed by atoms with Crippen molar-refractivity contribution in [2.24, 2.45) is 5.92 Å². The summed E-state index contributed by atoms with van der Waals surface area (Å²) in [7, 11) is 0. The predicted octanol–water partition coefficient (Wildman–Crippen LogP) is 2.65. The number of carbonyl (C=O) groups excluding carboxylic acids is 1. The molecule has 0 saturated heterocycles. The molecule has 1 heterocycles. The minimum Gasteiger partial charge on any atom is -0.326 e. The molecule has 17 heavy (non-hydrogen) atoms. The van der Waals surface area contributed by atoms with Crippen molar-refractivity contribution in [3.63, 3.8) is 0 Å². The molecule has 0 aliphatic heterocycles. The number of halogens is 1. The fourth-order valence-electron chi connectivity index (χ4n) is 1.96. The molecular formula is C13H15FN2O. The Kier molecular flexibility index (Phi) is 3.52. The largest absolute Gasteiger partial charge is 0.326 e. The van der Waals surface area contributed by atoms with Crippen LogP contribution in [0.4, 0.5) is 4.39 Å². The molecule has 1 aromatic rings. The summed E-state index contributed by atoms with van der Waals surface area (Å²) in [5, 5.41) is 2.84. The van der Waals surface area contributed by atoms with Crippen LogP contribution in [0.15, 0.2) is 30.1 Å². The molecule has 1 aromatic heterocycles. The molecule has 0 bridgehead atoms. The zero-order valence-corrected chi connectivity index (χ0v) is 9.74. The van der Waals surface area contributed by atoms with E-state index in [0.29, 0.717) is 11.5 Å². The van der Waals surface area contributed by atoms with Gasteiger partial charge >= 0.3 is 0 Å². The molecule has 1 aliphatic carbocycles. The van der Waals surface area contributed by atoms with E-state index in [1.165, 1.54) is 12.3 Å². The summed E-state index contributed by atoms with van der Waals surface area (Å²) < 4.78 is 12.9. The number of nitrogens with one attached hydrogen (secondary N) is 1. The van der Waals surface area contributed by atoms with E-state index in [2.05, 4.69) is 17.2 Å². The van der Waals surface area contributed by atoms with Crippen molar-refractivity contribution in [1.29, 1.82) is 0 Å². The number of carbonyl (C=O) groups is 1. The van der Waals surface area contributed by atoms with Crippen molar-refractivity contribution < 1.29 is 9.18 Å². The van der Waals surface area contributed by atoms with Crippen LogP contribution in [0.5, 0.6) is 0 Å². The van der Waals surface area contributed by atoms with Crippen LogP contribution in [0.2, 0.25) is 0 Å². The normalized spacial score (nSPS) is 19.6. The van der Waals surface area contributed by atoms with Gasteiger partial charge in [0.15, 0.2) is 0 Å². The SMILES string of the molecule is CC1CCCC=C1NC(=O)c1ccnc(F)c1. The molecule has 0 aromatic carbocycles. The fourth-order valence-corrected chi connectivity index (χ4v) is 1.96. The second kappa shape index (κ2) is 5.08. The van der Waals surface area contributed by atoms with Gasteiger partial charge < -0.3 is 5.32 Å². The Morgan fingerprint density at radius 1 is 1.59 bits per heavy atom. The van der Waals surface area contributed by atoms with E-state index in [1.54, 1.807) is 0 Å². The summed E-state index contributed by atoms with van der Waals surface area (Å²) >= 11 is 0. The molecule has 4 heteroatoms. The van der Waals surface area contributed by atoms with E-state index in [9.17, 15) is 9.18 Å². The van der Waals surface area contributed by atoms with Gasteiger partial charge in [0, 0.05) is 23.5 Å². The molecule has 1 aliphatic rings. The number of aromatic nitrogens is 1. The molecule has 2 rings (SSSR count). The van der Waals surface area contributed by atoms with Gasteiger partial charge in [-0.1, -0.05) is 13.0 Å². The summed E-state index contributed by atoms with van der Waals surface area (Å²) in [5.41, 5.74) is 1.25. The quantitative estimate of drug-likeness (QED) is 0.799. The molecule has 1 unspecified atom stereocenters. The number of hydrogen-bond acceptors (Lipinski definition) is 2. The molecule has 0 saturated carbocycles. The number of nitrogens with zero attached hydrogens (tertiary/aromatic N) is 1. The van der Waals surface area contributed by atoms with E-state index < -0.39 is 5.95 Å². The summed E-state index contributed by atoms with van der Waals surface area (Å²) in [5.74, 6) is -0.547. The smallest absolute Gasteiger partial charge is 0.255 e. The van der Waals surface area contributed by atoms with Crippen LogP contribution >= 0.6 is 0 Å². The lowest BCUT2D eigenvalue weighted by Crippen LogP contribution is -2.27. The average molecular weight is 234 g/mol. The first-order chi connectivity index (χ1) is 8.16. The van der Waals surface area contributed by atoms with Gasteiger partial charge in [0.25, 0.3) is 5.91 Å². The minimum atomic E-state index is -0.636. The zero-order chi connectivity index (χ0) is 12.3. The molecule has 90 valence electrons. The Morgan fingerprint density at radius 3 is 3.12 bits per heavy atom. The lowest BCUT2D eigenvalue weighted by atomic mass is 9.94. The Hall–Kier alpha value is -1.71.